The summed E-state index contributed by atoms with van der Waals surface area (Å²) in [6, 6.07) is 5.17. The van der Waals surface area contributed by atoms with Crippen molar-refractivity contribution in [2.45, 2.75) is 37.8 Å². The number of benzene rings is 1. The molecule has 6 nitrogen and oxygen atoms in total. The second kappa shape index (κ2) is 5.87. The van der Waals surface area contributed by atoms with Gasteiger partial charge in [-0.1, -0.05) is 6.07 Å². The molecule has 1 saturated carbocycles. The van der Waals surface area contributed by atoms with E-state index in [1.165, 1.54) is 6.07 Å². The van der Waals surface area contributed by atoms with Crippen molar-refractivity contribution in [3.63, 3.8) is 0 Å². The largest absolute Gasteiger partial charge is 0.323 e. The minimum absolute atomic E-state index is 0.101. The molecule has 2 aromatic rings. The van der Waals surface area contributed by atoms with Crippen LogP contribution in [0.3, 0.4) is 0 Å². The lowest BCUT2D eigenvalue weighted by Gasteiger charge is -2.35. The van der Waals surface area contributed by atoms with Crippen LogP contribution in [0.4, 0.5) is 4.39 Å². The first-order valence-electron chi connectivity index (χ1n) is 9.12. The Morgan fingerprint density at radius 2 is 1.92 bits per heavy atom. The number of aromatic nitrogens is 2. The summed E-state index contributed by atoms with van der Waals surface area (Å²) in [5.41, 5.74) is 2.95. The molecule has 2 fully saturated rings. The second-order valence-corrected chi connectivity index (χ2v) is 9.20. The summed E-state index contributed by atoms with van der Waals surface area (Å²) in [4.78, 5) is 4.24. The van der Waals surface area contributed by atoms with Crippen LogP contribution in [0.15, 0.2) is 30.7 Å². The fourth-order valence-electron chi connectivity index (χ4n) is 4.29. The van der Waals surface area contributed by atoms with Crippen molar-refractivity contribution in [1.82, 2.24) is 18.6 Å². The van der Waals surface area contributed by atoms with Crippen LogP contribution in [-0.4, -0.2) is 41.4 Å². The van der Waals surface area contributed by atoms with E-state index in [-0.39, 0.29) is 17.9 Å². The monoisotopic (exact) mass is 376 g/mol. The number of hydrogen-bond acceptors (Lipinski definition) is 3. The summed E-state index contributed by atoms with van der Waals surface area (Å²) in [5.74, 6) is 0.0613. The molecule has 1 aromatic carbocycles. The van der Waals surface area contributed by atoms with E-state index < -0.39 is 10.2 Å². The molecule has 1 N–H and O–H groups in total. The quantitative estimate of drug-likeness (QED) is 0.890. The molecule has 0 bridgehead atoms. The van der Waals surface area contributed by atoms with Crippen molar-refractivity contribution < 1.29 is 12.8 Å². The summed E-state index contributed by atoms with van der Waals surface area (Å²) in [5, 5.41) is 0. The van der Waals surface area contributed by atoms with E-state index in [4.69, 9.17) is 0 Å². The van der Waals surface area contributed by atoms with Crippen molar-refractivity contribution in [1.29, 1.82) is 0 Å². The van der Waals surface area contributed by atoms with E-state index in [1.54, 1.807) is 22.9 Å². The number of halogens is 1. The van der Waals surface area contributed by atoms with Gasteiger partial charge in [-0.2, -0.15) is 17.4 Å². The Kier molecular flexibility index (Phi) is 3.70. The number of imidazole rings is 1. The van der Waals surface area contributed by atoms with Gasteiger partial charge in [0, 0.05) is 24.7 Å². The zero-order valence-electron chi connectivity index (χ0n) is 14.3. The van der Waals surface area contributed by atoms with E-state index in [9.17, 15) is 12.8 Å². The third-order valence-corrected chi connectivity index (χ3v) is 7.43. The Morgan fingerprint density at radius 3 is 2.65 bits per heavy atom. The Morgan fingerprint density at radius 1 is 1.15 bits per heavy atom. The van der Waals surface area contributed by atoms with Gasteiger partial charge < -0.3 is 4.57 Å². The van der Waals surface area contributed by atoms with Gasteiger partial charge >= 0.3 is 0 Å². The van der Waals surface area contributed by atoms with E-state index >= 15 is 0 Å². The van der Waals surface area contributed by atoms with Gasteiger partial charge in [0.2, 0.25) is 0 Å². The van der Waals surface area contributed by atoms with Gasteiger partial charge in [0.1, 0.15) is 5.82 Å². The highest BCUT2D eigenvalue weighted by Gasteiger charge is 2.39. The maximum absolute atomic E-state index is 13.7. The van der Waals surface area contributed by atoms with Gasteiger partial charge in [-0.15, -0.1) is 0 Å². The molecule has 0 amide bonds. The van der Waals surface area contributed by atoms with Crippen LogP contribution in [-0.2, 0) is 10.2 Å². The summed E-state index contributed by atoms with van der Waals surface area (Å²) in [7, 11) is -3.37. The first kappa shape index (κ1) is 16.4. The highest BCUT2D eigenvalue weighted by Crippen LogP contribution is 2.46. The third kappa shape index (κ3) is 2.67. The number of nitrogens with zero attached hydrogens (tertiary/aromatic N) is 3. The summed E-state index contributed by atoms with van der Waals surface area (Å²) in [6.45, 7) is 1.04. The minimum atomic E-state index is -3.37. The van der Waals surface area contributed by atoms with Crippen LogP contribution in [0.2, 0.25) is 0 Å². The molecular formula is C18H21FN4O2S. The summed E-state index contributed by atoms with van der Waals surface area (Å²) < 4.78 is 45.0. The Labute approximate surface area is 152 Å². The van der Waals surface area contributed by atoms with E-state index in [2.05, 4.69) is 14.3 Å². The molecule has 0 radical (unpaired) electrons. The van der Waals surface area contributed by atoms with Crippen molar-refractivity contribution in [2.24, 2.45) is 5.92 Å². The van der Waals surface area contributed by atoms with Gasteiger partial charge in [0.15, 0.2) is 0 Å². The SMILES string of the molecule is O=S(=O)(NC1CC1)N1CCC(C2c3ccc(F)cc3-c3cncn32)CC1. The van der Waals surface area contributed by atoms with Crippen molar-refractivity contribution >= 4 is 10.2 Å². The smallest absolute Gasteiger partial charge is 0.279 e. The molecule has 3 aliphatic rings. The molecule has 3 heterocycles. The molecule has 1 atom stereocenters. The maximum Gasteiger partial charge on any atom is 0.279 e. The predicted molar refractivity (Wildman–Crippen MR) is 95.1 cm³/mol. The second-order valence-electron chi connectivity index (χ2n) is 7.50. The predicted octanol–water partition coefficient (Wildman–Crippen LogP) is 2.30. The fourth-order valence-corrected chi connectivity index (χ4v) is 5.79. The van der Waals surface area contributed by atoms with Crippen LogP contribution >= 0.6 is 0 Å². The van der Waals surface area contributed by atoms with Gasteiger partial charge in [-0.25, -0.2) is 9.37 Å². The number of piperidine rings is 1. The number of hydrogen-bond donors (Lipinski definition) is 1. The van der Waals surface area contributed by atoms with Crippen LogP contribution in [0.5, 0.6) is 0 Å². The van der Waals surface area contributed by atoms with Gasteiger partial charge in [-0.05, 0) is 49.3 Å². The molecule has 1 unspecified atom stereocenters. The van der Waals surface area contributed by atoms with E-state index in [0.717, 1.165) is 42.5 Å². The molecule has 2 aliphatic heterocycles. The lowest BCUT2D eigenvalue weighted by molar-refractivity contribution is 0.230. The Bertz CT molecular complexity index is 946. The zero-order valence-corrected chi connectivity index (χ0v) is 15.1. The molecule has 138 valence electrons. The first-order chi connectivity index (χ1) is 12.5. The third-order valence-electron chi connectivity index (χ3n) is 5.75. The van der Waals surface area contributed by atoms with Crippen LogP contribution < -0.4 is 4.72 Å². The first-order valence-corrected chi connectivity index (χ1v) is 10.6. The van der Waals surface area contributed by atoms with Crippen molar-refractivity contribution in [2.75, 3.05) is 13.1 Å². The molecule has 5 rings (SSSR count). The Balaban J connectivity index is 1.37. The molecule has 8 heteroatoms. The Hall–Kier alpha value is -1.77. The normalized spacial score (nSPS) is 23.8. The van der Waals surface area contributed by atoms with E-state index in [0.29, 0.717) is 19.0 Å². The average molecular weight is 376 g/mol. The van der Waals surface area contributed by atoms with Gasteiger partial charge in [0.25, 0.3) is 10.2 Å². The van der Waals surface area contributed by atoms with Crippen LogP contribution in [0.1, 0.15) is 37.3 Å². The van der Waals surface area contributed by atoms with E-state index in [1.807, 2.05) is 6.07 Å². The van der Waals surface area contributed by atoms with Crippen molar-refractivity contribution in [3.8, 4) is 11.3 Å². The standard InChI is InChI=1S/C18H21FN4O2S/c19-13-1-4-15-16(9-13)17-10-20-11-23(17)18(15)12-5-7-22(8-6-12)26(24,25)21-14-2-3-14/h1,4,9-12,14,18,21H,2-3,5-8H2. The highest BCUT2D eigenvalue weighted by molar-refractivity contribution is 7.87. The lowest BCUT2D eigenvalue weighted by atomic mass is 9.86. The zero-order chi connectivity index (χ0) is 17.9. The fraction of sp³-hybridized carbons (Fsp3) is 0.500. The number of fused-ring (bicyclic) bond motifs is 3. The minimum Gasteiger partial charge on any atom is -0.323 e. The molecule has 26 heavy (non-hydrogen) atoms. The molecular weight excluding hydrogens is 355 g/mol. The molecule has 1 aromatic heterocycles. The topological polar surface area (TPSA) is 67.2 Å². The average Bonchev–Trinajstić information content (AvgIpc) is 3.19. The molecule has 1 saturated heterocycles. The van der Waals surface area contributed by atoms with Gasteiger partial charge in [0.05, 0.1) is 24.3 Å². The number of nitrogens with one attached hydrogen (secondary N) is 1. The highest BCUT2D eigenvalue weighted by atomic mass is 32.2. The van der Waals surface area contributed by atoms with Crippen LogP contribution in [0, 0.1) is 11.7 Å². The summed E-state index contributed by atoms with van der Waals surface area (Å²) >= 11 is 0. The van der Waals surface area contributed by atoms with Crippen LogP contribution in [0.25, 0.3) is 11.3 Å². The maximum atomic E-state index is 13.7. The molecule has 0 spiro atoms. The lowest BCUT2D eigenvalue weighted by Crippen LogP contribution is -2.46. The van der Waals surface area contributed by atoms with Crippen molar-refractivity contribution in [3.05, 3.63) is 42.1 Å². The molecule has 1 aliphatic carbocycles. The summed E-state index contributed by atoms with van der Waals surface area (Å²) in [6.07, 6.45) is 7.02. The van der Waals surface area contributed by atoms with Gasteiger partial charge in [-0.3, -0.25) is 0 Å². The number of rotatable bonds is 4.